The highest BCUT2D eigenvalue weighted by Crippen LogP contribution is 2.27. The normalized spacial score (nSPS) is 10.3. The molecule has 0 aliphatic rings. The molecule has 2 rings (SSSR count). The fraction of sp³-hybridized carbons (Fsp3) is 0.154. The number of benzene rings is 1. The number of nitrogens with zero attached hydrogens (tertiary/aromatic N) is 2. The van der Waals surface area contributed by atoms with Crippen molar-refractivity contribution in [1.29, 1.82) is 0 Å². The minimum Gasteiger partial charge on any atom is -0.479 e. The molecule has 0 unspecified atom stereocenters. The van der Waals surface area contributed by atoms with Gasteiger partial charge in [-0.3, -0.25) is 0 Å². The minimum absolute atomic E-state index is 0.490. The lowest BCUT2D eigenvalue weighted by Crippen LogP contribution is -1.98. The molecule has 0 saturated heterocycles. The zero-order valence-electron chi connectivity index (χ0n) is 9.48. The summed E-state index contributed by atoms with van der Waals surface area (Å²) in [5.74, 6) is 0.490. The average Bonchev–Trinajstić information content (AvgIpc) is 2.38. The maximum atomic E-state index is 5.96. The molecular weight excluding hydrogens is 236 g/mol. The van der Waals surface area contributed by atoms with Crippen LogP contribution in [0.1, 0.15) is 5.69 Å². The van der Waals surface area contributed by atoms with Gasteiger partial charge < -0.3 is 4.74 Å². The molecular formula is C13H12ClN2O. The van der Waals surface area contributed by atoms with E-state index < -0.39 is 0 Å². The van der Waals surface area contributed by atoms with E-state index >= 15 is 0 Å². The third-order valence-electron chi connectivity index (χ3n) is 2.34. The van der Waals surface area contributed by atoms with Crippen LogP contribution in [0.15, 0.2) is 30.5 Å². The molecule has 0 amide bonds. The summed E-state index contributed by atoms with van der Waals surface area (Å²) in [7, 11) is 1.57. The van der Waals surface area contributed by atoms with Gasteiger partial charge in [-0.1, -0.05) is 23.7 Å². The molecule has 0 aliphatic carbocycles. The Morgan fingerprint density at radius 3 is 2.88 bits per heavy atom. The van der Waals surface area contributed by atoms with E-state index in [1.165, 1.54) is 0 Å². The van der Waals surface area contributed by atoms with Crippen molar-refractivity contribution in [2.24, 2.45) is 0 Å². The van der Waals surface area contributed by atoms with Gasteiger partial charge in [-0.05, 0) is 25.5 Å². The van der Waals surface area contributed by atoms with Gasteiger partial charge in [-0.2, -0.15) is 0 Å². The van der Waals surface area contributed by atoms with Crippen molar-refractivity contribution in [3.8, 4) is 17.1 Å². The Labute approximate surface area is 105 Å². The van der Waals surface area contributed by atoms with Crippen LogP contribution in [0.4, 0.5) is 0 Å². The quantitative estimate of drug-likeness (QED) is 0.836. The topological polar surface area (TPSA) is 35.0 Å². The van der Waals surface area contributed by atoms with Crippen LogP contribution >= 0.6 is 11.6 Å². The molecule has 87 valence electrons. The zero-order valence-corrected chi connectivity index (χ0v) is 10.2. The highest BCUT2D eigenvalue weighted by molar-refractivity contribution is 6.30. The third kappa shape index (κ3) is 2.56. The summed E-state index contributed by atoms with van der Waals surface area (Å²) in [5.41, 5.74) is 2.40. The molecule has 1 aromatic heterocycles. The summed E-state index contributed by atoms with van der Waals surface area (Å²) in [6.07, 6.45) is 2.25. The molecule has 3 nitrogen and oxygen atoms in total. The van der Waals surface area contributed by atoms with E-state index in [-0.39, 0.29) is 0 Å². The number of halogens is 1. The van der Waals surface area contributed by atoms with Crippen LogP contribution in [0.3, 0.4) is 0 Å². The molecule has 2 aromatic rings. The van der Waals surface area contributed by atoms with Crippen LogP contribution in [-0.4, -0.2) is 17.1 Å². The Bertz CT molecular complexity index is 529. The Morgan fingerprint density at radius 1 is 1.41 bits per heavy atom. The fourth-order valence-electron chi connectivity index (χ4n) is 1.51. The molecule has 0 aliphatic heterocycles. The van der Waals surface area contributed by atoms with Crippen LogP contribution in [-0.2, 0) is 6.42 Å². The van der Waals surface area contributed by atoms with Gasteiger partial charge in [-0.25, -0.2) is 9.97 Å². The SMILES string of the molecule is [CH2]Cc1cnc(OC)c(-c2cccc(Cl)c2)n1. The van der Waals surface area contributed by atoms with Crippen molar-refractivity contribution in [3.63, 3.8) is 0 Å². The van der Waals surface area contributed by atoms with E-state index in [2.05, 4.69) is 16.9 Å². The molecule has 17 heavy (non-hydrogen) atoms. The molecule has 1 aromatic carbocycles. The van der Waals surface area contributed by atoms with Crippen molar-refractivity contribution < 1.29 is 4.74 Å². The highest BCUT2D eigenvalue weighted by Gasteiger charge is 2.10. The molecule has 0 fully saturated rings. The predicted octanol–water partition coefficient (Wildman–Crippen LogP) is 3.18. The summed E-state index contributed by atoms with van der Waals surface area (Å²) in [4.78, 5) is 8.67. The largest absolute Gasteiger partial charge is 0.479 e. The zero-order chi connectivity index (χ0) is 12.3. The maximum Gasteiger partial charge on any atom is 0.240 e. The molecule has 0 bridgehead atoms. The van der Waals surface area contributed by atoms with E-state index in [4.69, 9.17) is 16.3 Å². The first-order valence-electron chi connectivity index (χ1n) is 5.19. The standard InChI is InChI=1S/C13H12ClN2O/c1-3-11-8-15-13(17-2)12(16-11)9-5-4-6-10(14)7-9/h4-8H,1,3H2,2H3. The summed E-state index contributed by atoms with van der Waals surface area (Å²) in [5, 5.41) is 0.659. The molecule has 0 N–H and O–H groups in total. The first kappa shape index (κ1) is 11.9. The molecule has 4 heteroatoms. The van der Waals surface area contributed by atoms with Gasteiger partial charge in [0.25, 0.3) is 0 Å². The van der Waals surface area contributed by atoms with Gasteiger partial charge in [0, 0.05) is 10.6 Å². The number of hydrogen-bond acceptors (Lipinski definition) is 3. The monoisotopic (exact) mass is 247 g/mol. The summed E-state index contributed by atoms with van der Waals surface area (Å²) >= 11 is 5.96. The van der Waals surface area contributed by atoms with Crippen LogP contribution < -0.4 is 4.74 Å². The number of methoxy groups -OCH3 is 1. The fourth-order valence-corrected chi connectivity index (χ4v) is 1.70. The van der Waals surface area contributed by atoms with Crippen LogP contribution in [0.2, 0.25) is 5.02 Å². The smallest absolute Gasteiger partial charge is 0.240 e. The second-order valence-corrected chi connectivity index (χ2v) is 3.92. The summed E-state index contributed by atoms with van der Waals surface area (Å²) < 4.78 is 5.20. The number of ether oxygens (including phenoxy) is 1. The lowest BCUT2D eigenvalue weighted by molar-refractivity contribution is 0.397. The Balaban J connectivity index is 2.56. The van der Waals surface area contributed by atoms with E-state index in [0.29, 0.717) is 23.0 Å². The molecule has 0 atom stereocenters. The molecule has 1 radical (unpaired) electrons. The Hall–Kier alpha value is -1.61. The predicted molar refractivity (Wildman–Crippen MR) is 68.1 cm³/mol. The Morgan fingerprint density at radius 2 is 2.24 bits per heavy atom. The average molecular weight is 248 g/mol. The first-order valence-corrected chi connectivity index (χ1v) is 5.57. The second kappa shape index (κ2) is 5.15. The van der Waals surface area contributed by atoms with Crippen molar-refractivity contribution in [1.82, 2.24) is 9.97 Å². The van der Waals surface area contributed by atoms with E-state index in [1.54, 1.807) is 13.3 Å². The van der Waals surface area contributed by atoms with Gasteiger partial charge in [0.15, 0.2) is 0 Å². The van der Waals surface area contributed by atoms with Crippen molar-refractivity contribution in [3.05, 3.63) is 48.1 Å². The number of hydrogen-bond donors (Lipinski definition) is 0. The first-order chi connectivity index (χ1) is 8.24. The van der Waals surface area contributed by atoms with Crippen LogP contribution in [0.25, 0.3) is 11.3 Å². The lowest BCUT2D eigenvalue weighted by atomic mass is 10.1. The minimum atomic E-state index is 0.490. The lowest BCUT2D eigenvalue weighted by Gasteiger charge is -2.08. The van der Waals surface area contributed by atoms with E-state index in [0.717, 1.165) is 11.3 Å². The van der Waals surface area contributed by atoms with E-state index in [9.17, 15) is 0 Å². The summed E-state index contributed by atoms with van der Waals surface area (Å²) in [6, 6.07) is 7.44. The number of aromatic nitrogens is 2. The molecule has 0 saturated carbocycles. The second-order valence-electron chi connectivity index (χ2n) is 3.48. The van der Waals surface area contributed by atoms with Gasteiger partial charge in [0.05, 0.1) is 19.0 Å². The van der Waals surface area contributed by atoms with Gasteiger partial charge in [-0.15, -0.1) is 0 Å². The van der Waals surface area contributed by atoms with Crippen molar-refractivity contribution in [2.45, 2.75) is 6.42 Å². The Kier molecular flexibility index (Phi) is 3.59. The number of rotatable bonds is 3. The maximum absolute atomic E-state index is 5.96. The third-order valence-corrected chi connectivity index (χ3v) is 2.57. The molecule has 1 heterocycles. The molecule has 0 spiro atoms. The van der Waals surface area contributed by atoms with Crippen molar-refractivity contribution in [2.75, 3.05) is 7.11 Å². The highest BCUT2D eigenvalue weighted by atomic mass is 35.5. The van der Waals surface area contributed by atoms with Crippen LogP contribution in [0, 0.1) is 6.92 Å². The van der Waals surface area contributed by atoms with Crippen LogP contribution in [0.5, 0.6) is 5.88 Å². The van der Waals surface area contributed by atoms with Crippen molar-refractivity contribution >= 4 is 11.6 Å². The van der Waals surface area contributed by atoms with Gasteiger partial charge in [0.2, 0.25) is 5.88 Å². The summed E-state index contributed by atoms with van der Waals surface area (Å²) in [6.45, 7) is 3.79. The van der Waals surface area contributed by atoms with E-state index in [1.807, 2.05) is 24.3 Å². The van der Waals surface area contributed by atoms with Gasteiger partial charge in [0.1, 0.15) is 5.69 Å². The van der Waals surface area contributed by atoms with Gasteiger partial charge >= 0.3 is 0 Å².